The van der Waals surface area contributed by atoms with Gasteiger partial charge in [0.1, 0.15) is 0 Å². The van der Waals surface area contributed by atoms with Crippen LogP contribution in [0.15, 0.2) is 40.5 Å². The van der Waals surface area contributed by atoms with Crippen LogP contribution >= 0.6 is 11.3 Å². The van der Waals surface area contributed by atoms with E-state index in [1.165, 1.54) is 0 Å². The largest absolute Gasteiger partial charge is 0.454 e. The maximum Gasteiger partial charge on any atom is 0.253 e. The average molecular weight is 370 g/mol. The molecule has 0 saturated carbocycles. The molecule has 3 heterocycles. The first-order chi connectivity index (χ1) is 12.6. The Kier molecular flexibility index (Phi) is 4.38. The van der Waals surface area contributed by atoms with E-state index < -0.39 is 0 Å². The maximum absolute atomic E-state index is 12.5. The number of nitrogens with zero attached hydrogens (tertiary/aromatic N) is 1. The highest BCUT2D eigenvalue weighted by atomic mass is 32.1. The molecule has 26 heavy (non-hydrogen) atoms. The average Bonchev–Trinajstić information content (AvgIpc) is 3.30. The van der Waals surface area contributed by atoms with E-state index in [4.69, 9.17) is 9.47 Å². The Labute approximate surface area is 154 Å². The highest BCUT2D eigenvalue weighted by molar-refractivity contribution is 7.09. The van der Waals surface area contributed by atoms with E-state index in [2.05, 4.69) is 4.98 Å². The van der Waals surface area contributed by atoms with Crippen LogP contribution in [0.3, 0.4) is 0 Å². The number of nitrogens with one attached hydrogen (secondary N) is 1. The van der Waals surface area contributed by atoms with E-state index in [0.29, 0.717) is 35.5 Å². The topological polar surface area (TPSA) is 71.6 Å². The number of fused-ring (bicyclic) bond motifs is 2. The Morgan fingerprint density at radius 1 is 1.23 bits per heavy atom. The van der Waals surface area contributed by atoms with E-state index in [1.807, 2.05) is 36.6 Å². The van der Waals surface area contributed by atoms with Gasteiger partial charge in [-0.25, -0.2) is 0 Å². The number of amides is 1. The molecule has 0 atom stereocenters. The molecule has 1 N–H and O–H groups in total. The second kappa shape index (κ2) is 6.84. The van der Waals surface area contributed by atoms with E-state index in [0.717, 1.165) is 10.3 Å². The van der Waals surface area contributed by atoms with Crippen molar-refractivity contribution < 1.29 is 14.3 Å². The van der Waals surface area contributed by atoms with Crippen LogP contribution in [0, 0.1) is 0 Å². The molecular formula is C19H18N2O4S. The first-order valence-electron chi connectivity index (χ1n) is 8.39. The number of hydrogen-bond acceptors (Lipinski definition) is 5. The van der Waals surface area contributed by atoms with Gasteiger partial charge in [-0.05, 0) is 23.6 Å². The van der Waals surface area contributed by atoms with E-state index in [-0.39, 0.29) is 24.8 Å². The second-order valence-electron chi connectivity index (χ2n) is 6.10. The first kappa shape index (κ1) is 16.7. The molecule has 0 fully saturated rings. The molecule has 0 bridgehead atoms. The third-order valence-corrected chi connectivity index (χ3v) is 5.22. The maximum atomic E-state index is 12.5. The van der Waals surface area contributed by atoms with Gasteiger partial charge in [-0.2, -0.15) is 0 Å². The van der Waals surface area contributed by atoms with Crippen LogP contribution in [0.2, 0.25) is 0 Å². The lowest BCUT2D eigenvalue weighted by atomic mass is 10.1. The van der Waals surface area contributed by atoms with Crippen molar-refractivity contribution in [2.45, 2.75) is 26.4 Å². The Morgan fingerprint density at radius 3 is 2.77 bits per heavy atom. The molecular weight excluding hydrogens is 352 g/mol. The van der Waals surface area contributed by atoms with Crippen molar-refractivity contribution in [3.8, 4) is 11.5 Å². The third kappa shape index (κ3) is 3.17. The normalized spacial score (nSPS) is 12.5. The fraction of sp³-hybridized carbons (Fsp3) is 0.263. The van der Waals surface area contributed by atoms with Crippen molar-refractivity contribution >= 4 is 28.1 Å². The van der Waals surface area contributed by atoms with Crippen LogP contribution in [-0.2, 0) is 17.9 Å². The molecule has 0 unspecified atom stereocenters. The van der Waals surface area contributed by atoms with Crippen molar-refractivity contribution in [1.82, 2.24) is 9.88 Å². The summed E-state index contributed by atoms with van der Waals surface area (Å²) < 4.78 is 10.8. The van der Waals surface area contributed by atoms with Crippen molar-refractivity contribution in [2.24, 2.45) is 0 Å². The molecule has 1 amide bonds. The molecule has 4 rings (SSSR count). The standard InChI is InChI=1S/C19H18N2O4S/c1-2-18(22)21(10-14-4-3-5-26-14)9-13-6-12-7-16-17(25-11-24-16)8-15(12)20-19(13)23/h3-8H,2,9-11H2,1H3,(H,20,23). The number of thiophene rings is 1. The summed E-state index contributed by atoms with van der Waals surface area (Å²) in [4.78, 5) is 30.6. The molecule has 0 saturated heterocycles. The molecule has 0 spiro atoms. The predicted molar refractivity (Wildman–Crippen MR) is 99.6 cm³/mol. The van der Waals surface area contributed by atoms with Crippen LogP contribution in [0.4, 0.5) is 0 Å². The van der Waals surface area contributed by atoms with Crippen LogP contribution in [-0.4, -0.2) is 22.6 Å². The molecule has 3 aromatic rings. The number of carbonyl (C=O) groups excluding carboxylic acids is 1. The van der Waals surface area contributed by atoms with Gasteiger partial charge in [0.2, 0.25) is 12.7 Å². The lowest BCUT2D eigenvalue weighted by molar-refractivity contribution is -0.132. The molecule has 134 valence electrons. The zero-order valence-corrected chi connectivity index (χ0v) is 15.1. The number of carbonyl (C=O) groups is 1. The smallest absolute Gasteiger partial charge is 0.253 e. The molecule has 7 heteroatoms. The summed E-state index contributed by atoms with van der Waals surface area (Å²) in [7, 11) is 0. The first-order valence-corrected chi connectivity index (χ1v) is 9.27. The lowest BCUT2D eigenvalue weighted by Gasteiger charge is -2.21. The monoisotopic (exact) mass is 370 g/mol. The Hall–Kier alpha value is -2.80. The van der Waals surface area contributed by atoms with Crippen molar-refractivity contribution in [3.05, 3.63) is 56.5 Å². The zero-order valence-electron chi connectivity index (χ0n) is 14.3. The fourth-order valence-corrected chi connectivity index (χ4v) is 3.73. The van der Waals surface area contributed by atoms with Gasteiger partial charge >= 0.3 is 0 Å². The van der Waals surface area contributed by atoms with Gasteiger partial charge < -0.3 is 19.4 Å². The summed E-state index contributed by atoms with van der Waals surface area (Å²) >= 11 is 1.60. The highest BCUT2D eigenvalue weighted by Gasteiger charge is 2.18. The summed E-state index contributed by atoms with van der Waals surface area (Å²) in [5.41, 5.74) is 1.04. The second-order valence-corrected chi connectivity index (χ2v) is 7.13. The van der Waals surface area contributed by atoms with Crippen molar-refractivity contribution in [2.75, 3.05) is 6.79 Å². The number of benzene rings is 1. The molecule has 1 aromatic carbocycles. The van der Waals surface area contributed by atoms with Gasteiger partial charge in [-0.1, -0.05) is 13.0 Å². The lowest BCUT2D eigenvalue weighted by Crippen LogP contribution is -2.31. The quantitative estimate of drug-likeness (QED) is 0.748. The minimum atomic E-state index is -0.198. The Bertz CT molecular complexity index is 1010. The fourth-order valence-electron chi connectivity index (χ4n) is 3.01. The summed E-state index contributed by atoms with van der Waals surface area (Å²) in [5, 5.41) is 2.83. The summed E-state index contributed by atoms with van der Waals surface area (Å²) in [6.07, 6.45) is 0.398. The number of aromatic nitrogens is 1. The molecule has 0 aliphatic carbocycles. The van der Waals surface area contributed by atoms with Crippen LogP contribution in [0.25, 0.3) is 10.9 Å². The molecule has 1 aliphatic heterocycles. The number of ether oxygens (including phenoxy) is 2. The van der Waals surface area contributed by atoms with Crippen LogP contribution < -0.4 is 15.0 Å². The van der Waals surface area contributed by atoms with Crippen molar-refractivity contribution in [1.29, 1.82) is 0 Å². The van der Waals surface area contributed by atoms with E-state index in [1.54, 1.807) is 22.3 Å². The predicted octanol–water partition coefficient (Wildman–Crippen LogP) is 3.26. The molecule has 1 aliphatic rings. The summed E-state index contributed by atoms with van der Waals surface area (Å²) in [5.74, 6) is 1.31. The number of rotatable bonds is 5. The van der Waals surface area contributed by atoms with Crippen LogP contribution in [0.1, 0.15) is 23.8 Å². The zero-order chi connectivity index (χ0) is 18.1. The number of pyridine rings is 1. The molecule has 0 radical (unpaired) electrons. The minimum Gasteiger partial charge on any atom is -0.454 e. The van der Waals surface area contributed by atoms with Gasteiger partial charge in [-0.15, -0.1) is 11.3 Å². The van der Waals surface area contributed by atoms with Gasteiger partial charge in [0.15, 0.2) is 11.5 Å². The Balaban J connectivity index is 1.67. The SMILES string of the molecule is CCC(=O)N(Cc1cccs1)Cc1cc2cc3c(cc2[nH]c1=O)OCO3. The van der Waals surface area contributed by atoms with Gasteiger partial charge in [0.05, 0.1) is 18.6 Å². The number of H-pyrrole nitrogens is 1. The summed E-state index contributed by atoms with van der Waals surface area (Å²) in [6, 6.07) is 9.39. The van der Waals surface area contributed by atoms with Crippen LogP contribution in [0.5, 0.6) is 11.5 Å². The minimum absolute atomic E-state index is 0.0172. The molecule has 6 nitrogen and oxygen atoms in total. The number of aromatic amines is 1. The summed E-state index contributed by atoms with van der Waals surface area (Å²) in [6.45, 7) is 2.78. The highest BCUT2D eigenvalue weighted by Crippen LogP contribution is 2.35. The third-order valence-electron chi connectivity index (χ3n) is 4.36. The van der Waals surface area contributed by atoms with Crippen molar-refractivity contribution in [3.63, 3.8) is 0 Å². The number of hydrogen-bond donors (Lipinski definition) is 1. The Morgan fingerprint density at radius 2 is 2.04 bits per heavy atom. The van der Waals surface area contributed by atoms with E-state index >= 15 is 0 Å². The van der Waals surface area contributed by atoms with Gasteiger partial charge in [0, 0.05) is 28.3 Å². The van der Waals surface area contributed by atoms with Gasteiger partial charge in [-0.3, -0.25) is 9.59 Å². The molecule has 2 aromatic heterocycles. The van der Waals surface area contributed by atoms with Gasteiger partial charge in [0.25, 0.3) is 5.56 Å². The van der Waals surface area contributed by atoms with E-state index in [9.17, 15) is 9.59 Å².